The summed E-state index contributed by atoms with van der Waals surface area (Å²) in [6.07, 6.45) is 5.56. The molecule has 1 aliphatic heterocycles. The van der Waals surface area contributed by atoms with Gasteiger partial charge in [-0.25, -0.2) is 0 Å². The largest absolute Gasteiger partial charge is 0.370 e. The van der Waals surface area contributed by atoms with Crippen molar-refractivity contribution in [2.75, 3.05) is 44.7 Å². The standard InChI is InChI=1S/C23H37N5O.HI/c1-4-27(21-11-7-8-18(2)16-21)15-13-25-23(24-3)26-20-12-14-28(17-20)22(29)19-9-5-6-10-19;/h7-8,11,16,19-20H,4-6,9-10,12-15,17H2,1-3H3,(H2,24,25,26);1H. The van der Waals surface area contributed by atoms with Gasteiger partial charge in [-0.3, -0.25) is 9.79 Å². The van der Waals surface area contributed by atoms with Crippen LogP contribution >= 0.6 is 24.0 Å². The van der Waals surface area contributed by atoms with Crippen molar-refractivity contribution in [3.8, 4) is 0 Å². The van der Waals surface area contributed by atoms with Crippen LogP contribution in [-0.2, 0) is 4.79 Å². The third-order valence-corrected chi connectivity index (χ3v) is 6.19. The Hall–Kier alpha value is -1.51. The average Bonchev–Trinajstić information content (AvgIpc) is 3.42. The Morgan fingerprint density at radius 3 is 2.70 bits per heavy atom. The number of guanidine groups is 1. The quantitative estimate of drug-likeness (QED) is 0.324. The molecule has 1 aromatic rings. The van der Waals surface area contributed by atoms with Crippen molar-refractivity contribution in [2.45, 2.75) is 52.0 Å². The number of carbonyl (C=O) groups excluding carboxylic acids is 1. The number of nitrogens with zero attached hydrogens (tertiary/aromatic N) is 3. The third kappa shape index (κ3) is 6.75. The van der Waals surface area contributed by atoms with E-state index in [2.05, 4.69) is 63.5 Å². The molecule has 2 N–H and O–H groups in total. The summed E-state index contributed by atoms with van der Waals surface area (Å²) in [5.41, 5.74) is 2.54. The molecule has 2 fully saturated rings. The van der Waals surface area contributed by atoms with Gasteiger partial charge in [0.05, 0.1) is 0 Å². The highest BCUT2D eigenvalue weighted by atomic mass is 127. The van der Waals surface area contributed by atoms with Crippen molar-refractivity contribution in [1.29, 1.82) is 0 Å². The maximum Gasteiger partial charge on any atom is 0.225 e. The Kier molecular flexibility index (Phi) is 10.2. The van der Waals surface area contributed by atoms with Crippen LogP contribution in [0.1, 0.15) is 44.6 Å². The highest BCUT2D eigenvalue weighted by molar-refractivity contribution is 14.0. The predicted molar refractivity (Wildman–Crippen MR) is 136 cm³/mol. The van der Waals surface area contributed by atoms with Crippen LogP contribution in [0.4, 0.5) is 5.69 Å². The number of anilines is 1. The normalized spacial score (nSPS) is 19.5. The van der Waals surface area contributed by atoms with Crippen LogP contribution in [0.15, 0.2) is 29.3 Å². The molecule has 0 aromatic heterocycles. The number of aliphatic imine (C=N–C) groups is 1. The van der Waals surface area contributed by atoms with E-state index in [9.17, 15) is 4.79 Å². The Morgan fingerprint density at radius 1 is 1.27 bits per heavy atom. The monoisotopic (exact) mass is 527 g/mol. The maximum absolute atomic E-state index is 12.6. The predicted octanol–water partition coefficient (Wildman–Crippen LogP) is 3.40. The minimum absolute atomic E-state index is 0. The van der Waals surface area contributed by atoms with Crippen molar-refractivity contribution in [3.63, 3.8) is 0 Å². The minimum Gasteiger partial charge on any atom is -0.370 e. The summed E-state index contributed by atoms with van der Waals surface area (Å²) in [6, 6.07) is 8.91. The highest BCUT2D eigenvalue weighted by Gasteiger charge is 2.32. The average molecular weight is 527 g/mol. The molecule has 0 bridgehead atoms. The minimum atomic E-state index is 0. The summed E-state index contributed by atoms with van der Waals surface area (Å²) in [6.45, 7) is 8.67. The van der Waals surface area contributed by atoms with Gasteiger partial charge in [0.15, 0.2) is 5.96 Å². The number of hydrogen-bond acceptors (Lipinski definition) is 3. The maximum atomic E-state index is 12.6. The summed E-state index contributed by atoms with van der Waals surface area (Å²) >= 11 is 0. The number of halogens is 1. The fraction of sp³-hybridized carbons (Fsp3) is 0.652. The van der Waals surface area contributed by atoms with Gasteiger partial charge in [-0.1, -0.05) is 25.0 Å². The zero-order valence-electron chi connectivity index (χ0n) is 18.7. The van der Waals surface area contributed by atoms with Crippen molar-refractivity contribution in [2.24, 2.45) is 10.9 Å². The van der Waals surface area contributed by atoms with E-state index in [1.54, 1.807) is 0 Å². The zero-order chi connectivity index (χ0) is 20.6. The van der Waals surface area contributed by atoms with Crippen molar-refractivity contribution < 1.29 is 4.79 Å². The Bertz CT molecular complexity index is 705. The van der Waals surface area contributed by atoms with Gasteiger partial charge in [-0.05, 0) is 50.8 Å². The number of rotatable bonds is 7. The molecule has 0 radical (unpaired) electrons. The number of amides is 1. The molecule has 168 valence electrons. The fourth-order valence-corrected chi connectivity index (χ4v) is 4.50. The number of aryl methyl sites for hydroxylation is 1. The number of carbonyl (C=O) groups is 1. The molecule has 1 unspecified atom stereocenters. The lowest BCUT2D eigenvalue weighted by atomic mass is 10.1. The van der Waals surface area contributed by atoms with Crippen LogP contribution < -0.4 is 15.5 Å². The van der Waals surface area contributed by atoms with Crippen LogP contribution in [0.5, 0.6) is 0 Å². The van der Waals surface area contributed by atoms with Crippen LogP contribution in [-0.4, -0.2) is 62.6 Å². The SMILES string of the molecule is CCN(CCNC(=NC)NC1CCN(C(=O)C2CCCC2)C1)c1cccc(C)c1.I. The first-order valence-corrected chi connectivity index (χ1v) is 11.2. The second-order valence-corrected chi connectivity index (χ2v) is 8.31. The molecule has 7 heteroatoms. The van der Waals surface area contributed by atoms with Gasteiger partial charge in [0.2, 0.25) is 5.91 Å². The molecule has 0 spiro atoms. The first-order chi connectivity index (χ1) is 14.1. The van der Waals surface area contributed by atoms with E-state index in [0.717, 1.165) is 57.9 Å². The van der Waals surface area contributed by atoms with Crippen LogP contribution in [0.3, 0.4) is 0 Å². The van der Waals surface area contributed by atoms with Crippen molar-refractivity contribution in [1.82, 2.24) is 15.5 Å². The molecule has 1 saturated heterocycles. The van der Waals surface area contributed by atoms with E-state index in [4.69, 9.17) is 0 Å². The van der Waals surface area contributed by atoms with Crippen molar-refractivity contribution in [3.05, 3.63) is 29.8 Å². The molecule has 6 nitrogen and oxygen atoms in total. The van der Waals surface area contributed by atoms with Crippen molar-refractivity contribution >= 4 is 41.5 Å². The second-order valence-electron chi connectivity index (χ2n) is 8.31. The van der Waals surface area contributed by atoms with E-state index < -0.39 is 0 Å². The molecule has 2 aliphatic rings. The number of likely N-dealkylation sites (tertiary alicyclic amines) is 1. The lowest BCUT2D eigenvalue weighted by Crippen LogP contribution is -2.47. The Balaban J connectivity index is 0.00000320. The van der Waals surface area contributed by atoms with E-state index in [1.165, 1.54) is 24.1 Å². The second kappa shape index (κ2) is 12.4. The number of benzene rings is 1. The smallest absolute Gasteiger partial charge is 0.225 e. The molecule has 1 amide bonds. The first-order valence-electron chi connectivity index (χ1n) is 11.2. The molecule has 30 heavy (non-hydrogen) atoms. The number of hydrogen-bond donors (Lipinski definition) is 2. The highest BCUT2D eigenvalue weighted by Crippen LogP contribution is 2.27. The van der Waals surface area contributed by atoms with Gasteiger partial charge in [0.1, 0.15) is 0 Å². The molecular formula is C23H38IN5O. The van der Waals surface area contributed by atoms with E-state index in [-0.39, 0.29) is 35.9 Å². The molecule has 1 aromatic carbocycles. The summed E-state index contributed by atoms with van der Waals surface area (Å²) in [5.74, 6) is 1.46. The third-order valence-electron chi connectivity index (χ3n) is 6.19. The molecule has 1 atom stereocenters. The molecule has 1 aliphatic carbocycles. The summed E-state index contributed by atoms with van der Waals surface area (Å²) < 4.78 is 0. The lowest BCUT2D eigenvalue weighted by molar-refractivity contribution is -0.134. The fourth-order valence-electron chi connectivity index (χ4n) is 4.50. The number of nitrogens with one attached hydrogen (secondary N) is 2. The zero-order valence-corrected chi connectivity index (χ0v) is 21.0. The molecular weight excluding hydrogens is 489 g/mol. The van der Waals surface area contributed by atoms with E-state index in [1.807, 2.05) is 7.05 Å². The van der Waals surface area contributed by atoms with Gasteiger partial charge in [-0.15, -0.1) is 24.0 Å². The van der Waals surface area contributed by atoms with Gasteiger partial charge >= 0.3 is 0 Å². The van der Waals surface area contributed by atoms with Gasteiger partial charge in [0.25, 0.3) is 0 Å². The van der Waals surface area contributed by atoms with E-state index >= 15 is 0 Å². The molecule has 3 rings (SSSR count). The lowest BCUT2D eigenvalue weighted by Gasteiger charge is -2.25. The topological polar surface area (TPSA) is 60.0 Å². The van der Waals surface area contributed by atoms with Crippen LogP contribution in [0.2, 0.25) is 0 Å². The summed E-state index contributed by atoms with van der Waals surface area (Å²) in [5, 5.41) is 6.95. The van der Waals surface area contributed by atoms with Crippen LogP contribution in [0.25, 0.3) is 0 Å². The Morgan fingerprint density at radius 2 is 2.03 bits per heavy atom. The summed E-state index contributed by atoms with van der Waals surface area (Å²) in [7, 11) is 1.81. The number of likely N-dealkylation sites (N-methyl/N-ethyl adjacent to an activating group) is 1. The van der Waals surface area contributed by atoms with Gasteiger partial charge in [0, 0.05) is 57.4 Å². The van der Waals surface area contributed by atoms with Gasteiger partial charge in [-0.2, -0.15) is 0 Å². The van der Waals surface area contributed by atoms with Gasteiger partial charge < -0.3 is 20.4 Å². The van der Waals surface area contributed by atoms with Crippen LogP contribution in [0, 0.1) is 12.8 Å². The molecule has 1 heterocycles. The molecule has 1 saturated carbocycles. The first kappa shape index (κ1) is 24.8. The van der Waals surface area contributed by atoms with E-state index in [0.29, 0.717) is 5.91 Å². The summed E-state index contributed by atoms with van der Waals surface area (Å²) in [4.78, 5) is 21.4. The Labute approximate surface area is 198 Å².